The minimum atomic E-state index is -0.615. The monoisotopic (exact) mass is 239 g/mol. The molecule has 1 aliphatic heterocycles. The van der Waals surface area contributed by atoms with Crippen LogP contribution in [0.4, 0.5) is 0 Å². The SMILES string of the molecule is O=C=S1C=NC=C1c1cccc2ccccc12. The van der Waals surface area contributed by atoms with E-state index in [1.807, 2.05) is 29.5 Å². The second kappa shape index (κ2) is 4.13. The number of aliphatic imine (C=N–C) groups is 1. The van der Waals surface area contributed by atoms with E-state index in [-0.39, 0.29) is 0 Å². The van der Waals surface area contributed by atoms with E-state index in [4.69, 9.17) is 0 Å². The summed E-state index contributed by atoms with van der Waals surface area (Å²) in [5.74, 6) is 0. The molecule has 1 unspecified atom stereocenters. The van der Waals surface area contributed by atoms with Crippen LogP contribution in [0.2, 0.25) is 0 Å². The zero-order valence-electron chi connectivity index (χ0n) is 8.96. The van der Waals surface area contributed by atoms with Gasteiger partial charge in [-0.15, -0.1) is 0 Å². The minimum absolute atomic E-state index is 0.615. The van der Waals surface area contributed by atoms with Crippen molar-refractivity contribution in [3.8, 4) is 0 Å². The van der Waals surface area contributed by atoms with Gasteiger partial charge >= 0.3 is 0 Å². The van der Waals surface area contributed by atoms with Crippen molar-refractivity contribution in [2.24, 2.45) is 4.99 Å². The zero-order valence-corrected chi connectivity index (χ0v) is 9.78. The van der Waals surface area contributed by atoms with E-state index in [2.05, 4.69) is 23.2 Å². The van der Waals surface area contributed by atoms with Crippen LogP contribution in [0.3, 0.4) is 0 Å². The summed E-state index contributed by atoms with van der Waals surface area (Å²) in [6.45, 7) is 0. The van der Waals surface area contributed by atoms with Gasteiger partial charge in [0.15, 0.2) is 5.23 Å². The Morgan fingerprint density at radius 2 is 1.88 bits per heavy atom. The average Bonchev–Trinajstić information content (AvgIpc) is 2.86. The van der Waals surface area contributed by atoms with E-state index in [0.29, 0.717) is 0 Å². The van der Waals surface area contributed by atoms with Crippen molar-refractivity contribution in [2.75, 3.05) is 0 Å². The average molecular weight is 239 g/mol. The van der Waals surface area contributed by atoms with Crippen molar-refractivity contribution in [3.05, 3.63) is 54.2 Å². The van der Waals surface area contributed by atoms with E-state index in [9.17, 15) is 4.79 Å². The van der Waals surface area contributed by atoms with Crippen LogP contribution >= 0.6 is 10.5 Å². The van der Waals surface area contributed by atoms with Gasteiger partial charge in [0.05, 0.1) is 5.55 Å². The summed E-state index contributed by atoms with van der Waals surface area (Å²) < 4.78 is 0. The third-order valence-corrected chi connectivity index (χ3v) is 4.05. The van der Waals surface area contributed by atoms with E-state index < -0.39 is 10.5 Å². The minimum Gasteiger partial charge on any atom is -0.256 e. The molecule has 0 aromatic heterocycles. The third kappa shape index (κ3) is 1.66. The van der Waals surface area contributed by atoms with E-state index in [0.717, 1.165) is 15.9 Å². The molecule has 0 fully saturated rings. The van der Waals surface area contributed by atoms with Gasteiger partial charge in [-0.1, -0.05) is 42.5 Å². The standard InChI is InChI=1S/C14H9NOS/c16-10-17-9-15-8-14(17)13-7-3-5-11-4-1-2-6-12(11)13/h1-9H. The summed E-state index contributed by atoms with van der Waals surface area (Å²) in [4.78, 5) is 15.9. The lowest BCUT2D eigenvalue weighted by Crippen LogP contribution is -1.83. The summed E-state index contributed by atoms with van der Waals surface area (Å²) in [6, 6.07) is 14.2. The quantitative estimate of drug-likeness (QED) is 0.700. The topological polar surface area (TPSA) is 29.4 Å². The number of benzene rings is 2. The predicted octanol–water partition coefficient (Wildman–Crippen LogP) is 3.52. The molecule has 0 radical (unpaired) electrons. The van der Waals surface area contributed by atoms with Crippen molar-refractivity contribution in [1.29, 1.82) is 0 Å². The molecule has 2 nitrogen and oxygen atoms in total. The molecule has 1 aliphatic rings. The Kier molecular flexibility index (Phi) is 2.48. The fraction of sp³-hybridized carbons (Fsp3) is 0. The lowest BCUT2D eigenvalue weighted by molar-refractivity contribution is 0.572. The van der Waals surface area contributed by atoms with Crippen LogP contribution in [0, 0.1) is 0 Å². The van der Waals surface area contributed by atoms with Gasteiger partial charge in [-0.2, -0.15) is 0 Å². The molecule has 0 aliphatic carbocycles. The Balaban J connectivity index is 2.29. The number of carbonyl (C=O) groups excluding carboxylic acids is 1. The number of fused-ring (bicyclic) bond motifs is 1. The first-order valence-electron chi connectivity index (χ1n) is 5.22. The maximum Gasteiger partial charge on any atom is 0.166 e. The van der Waals surface area contributed by atoms with Gasteiger partial charge in [0, 0.05) is 11.1 Å². The smallest absolute Gasteiger partial charge is 0.166 e. The van der Waals surface area contributed by atoms with Crippen LogP contribution in [-0.2, 0) is 4.79 Å². The molecule has 82 valence electrons. The number of rotatable bonds is 1. The third-order valence-electron chi connectivity index (χ3n) is 2.74. The Bertz CT molecular complexity index is 704. The molecule has 0 saturated carbocycles. The highest BCUT2D eigenvalue weighted by molar-refractivity contribution is 8.33. The zero-order chi connectivity index (χ0) is 11.7. The maximum atomic E-state index is 10.9. The van der Waals surface area contributed by atoms with Crippen LogP contribution < -0.4 is 0 Å². The lowest BCUT2D eigenvalue weighted by Gasteiger charge is -2.06. The second-order valence-electron chi connectivity index (χ2n) is 3.70. The van der Waals surface area contributed by atoms with Crippen molar-refractivity contribution < 1.29 is 4.79 Å². The van der Waals surface area contributed by atoms with E-state index in [1.54, 1.807) is 11.7 Å². The molecule has 3 heteroatoms. The number of hydrogen-bond acceptors (Lipinski definition) is 2. The molecular formula is C14H9NOS. The highest BCUT2D eigenvalue weighted by Gasteiger charge is 2.12. The molecule has 2 aromatic rings. The lowest BCUT2D eigenvalue weighted by atomic mass is 10.0. The van der Waals surface area contributed by atoms with Crippen LogP contribution in [-0.4, -0.2) is 10.8 Å². The summed E-state index contributed by atoms with van der Waals surface area (Å²) in [5.41, 5.74) is 2.73. The van der Waals surface area contributed by atoms with Crippen molar-refractivity contribution in [2.45, 2.75) is 0 Å². The number of hydrogen-bond donors (Lipinski definition) is 0. The Hall–Kier alpha value is -1.96. The van der Waals surface area contributed by atoms with Gasteiger partial charge in [0.25, 0.3) is 0 Å². The van der Waals surface area contributed by atoms with Crippen LogP contribution in [0.25, 0.3) is 15.7 Å². The highest BCUT2D eigenvalue weighted by atomic mass is 32.2. The first kappa shape index (κ1) is 10.2. The van der Waals surface area contributed by atoms with Crippen molar-refractivity contribution >= 4 is 36.9 Å². The molecule has 0 bridgehead atoms. The molecule has 0 saturated heterocycles. The molecule has 0 N–H and O–H groups in total. The first-order chi connectivity index (χ1) is 8.40. The molecule has 2 aromatic carbocycles. The van der Waals surface area contributed by atoms with Crippen LogP contribution in [0.1, 0.15) is 5.56 Å². The molecule has 1 heterocycles. The van der Waals surface area contributed by atoms with E-state index in [1.165, 1.54) is 5.39 Å². The van der Waals surface area contributed by atoms with Crippen molar-refractivity contribution in [1.82, 2.24) is 0 Å². The Morgan fingerprint density at radius 1 is 1.06 bits per heavy atom. The van der Waals surface area contributed by atoms with Crippen molar-refractivity contribution in [3.63, 3.8) is 0 Å². The van der Waals surface area contributed by atoms with E-state index >= 15 is 0 Å². The van der Waals surface area contributed by atoms with Gasteiger partial charge in [-0.05, 0) is 26.8 Å². The molecule has 3 rings (SSSR count). The first-order valence-corrected chi connectivity index (χ1v) is 6.51. The predicted molar refractivity (Wildman–Crippen MR) is 73.7 cm³/mol. The fourth-order valence-electron chi connectivity index (χ4n) is 1.97. The summed E-state index contributed by atoms with van der Waals surface area (Å²) in [6.07, 6.45) is 1.76. The van der Waals surface area contributed by atoms with Gasteiger partial charge in [0.1, 0.15) is 0 Å². The summed E-state index contributed by atoms with van der Waals surface area (Å²) in [5, 5.41) is 4.36. The normalized spacial score (nSPS) is 18.1. The van der Waals surface area contributed by atoms with Gasteiger partial charge in [0.2, 0.25) is 0 Å². The molecule has 0 spiro atoms. The second-order valence-corrected chi connectivity index (χ2v) is 5.19. The van der Waals surface area contributed by atoms with Gasteiger partial charge in [-0.25, -0.2) is 4.79 Å². The Labute approximate surface area is 101 Å². The molecule has 1 atom stereocenters. The Morgan fingerprint density at radius 3 is 2.76 bits per heavy atom. The van der Waals surface area contributed by atoms with Gasteiger partial charge < -0.3 is 0 Å². The fourth-order valence-corrected chi connectivity index (χ4v) is 2.99. The number of nitrogens with zero attached hydrogens (tertiary/aromatic N) is 1. The molecule has 0 amide bonds. The molecule has 17 heavy (non-hydrogen) atoms. The van der Waals surface area contributed by atoms with Crippen LogP contribution in [0.5, 0.6) is 0 Å². The summed E-state index contributed by atoms with van der Waals surface area (Å²) >= 11 is 0. The summed E-state index contributed by atoms with van der Waals surface area (Å²) in [7, 11) is -0.615. The maximum absolute atomic E-state index is 10.9. The molecular weight excluding hydrogens is 230 g/mol. The largest absolute Gasteiger partial charge is 0.256 e. The highest BCUT2D eigenvalue weighted by Crippen LogP contribution is 2.38. The van der Waals surface area contributed by atoms with Gasteiger partial charge in [-0.3, -0.25) is 4.99 Å². The van der Waals surface area contributed by atoms with Crippen LogP contribution in [0.15, 0.2) is 53.7 Å².